The van der Waals surface area contributed by atoms with Crippen LogP contribution in [0.25, 0.3) is 0 Å². The lowest BCUT2D eigenvalue weighted by Crippen LogP contribution is -2.58. The summed E-state index contributed by atoms with van der Waals surface area (Å²) in [6, 6.07) is 9.01. The van der Waals surface area contributed by atoms with E-state index in [-0.39, 0.29) is 11.6 Å². The highest BCUT2D eigenvalue weighted by atomic mass is 16.5. The molecule has 1 aromatic carbocycles. The highest BCUT2D eigenvalue weighted by molar-refractivity contribution is 5.30. The number of morpholine rings is 1. The van der Waals surface area contributed by atoms with Crippen molar-refractivity contribution in [1.29, 1.82) is 0 Å². The Kier molecular flexibility index (Phi) is 5.25. The third-order valence-corrected chi connectivity index (χ3v) is 4.47. The lowest BCUT2D eigenvalue weighted by Gasteiger charge is -2.47. The molecule has 1 saturated heterocycles. The van der Waals surface area contributed by atoms with Crippen LogP contribution in [0.15, 0.2) is 24.3 Å². The molecule has 2 rings (SSSR count). The zero-order valence-electron chi connectivity index (χ0n) is 13.8. The van der Waals surface area contributed by atoms with Crippen LogP contribution in [-0.2, 0) is 4.74 Å². The smallest absolute Gasteiger partial charge is 0.118 e. The molecule has 0 amide bonds. The number of benzene rings is 1. The minimum Gasteiger partial charge on any atom is -0.497 e. The van der Waals surface area contributed by atoms with Crippen molar-refractivity contribution in [2.45, 2.75) is 38.4 Å². The summed E-state index contributed by atoms with van der Waals surface area (Å²) in [5, 5.41) is 3.47. The molecule has 4 nitrogen and oxygen atoms in total. The fraction of sp³-hybridized carbons (Fsp3) is 0.647. The van der Waals surface area contributed by atoms with E-state index < -0.39 is 0 Å². The van der Waals surface area contributed by atoms with Crippen molar-refractivity contribution in [3.8, 4) is 5.75 Å². The Morgan fingerprint density at radius 1 is 1.29 bits per heavy atom. The van der Waals surface area contributed by atoms with E-state index in [4.69, 9.17) is 9.47 Å². The number of rotatable bonds is 5. The van der Waals surface area contributed by atoms with E-state index in [1.165, 1.54) is 5.56 Å². The molecule has 2 unspecified atom stereocenters. The zero-order valence-corrected chi connectivity index (χ0v) is 13.8. The van der Waals surface area contributed by atoms with Crippen LogP contribution in [0.5, 0.6) is 5.75 Å². The SMILES string of the molecule is CNC(c1ccc(OC)cc1)C(C)N1CCOCC1(C)C. The Hall–Kier alpha value is -1.10. The molecule has 1 aliphatic heterocycles. The molecule has 1 aromatic rings. The summed E-state index contributed by atoms with van der Waals surface area (Å²) in [7, 11) is 3.72. The standard InChI is InChI=1S/C17H28N2O2/c1-13(19-10-11-21-12-17(19,2)3)16(18-4)14-6-8-15(20-5)9-7-14/h6-9,13,16,18H,10-12H2,1-5H3. The normalized spacial score (nSPS) is 21.8. The second kappa shape index (κ2) is 6.77. The van der Waals surface area contributed by atoms with E-state index in [1.807, 2.05) is 19.2 Å². The molecule has 0 saturated carbocycles. The second-order valence-corrected chi connectivity index (χ2v) is 6.34. The Labute approximate surface area is 128 Å². The van der Waals surface area contributed by atoms with Gasteiger partial charge < -0.3 is 14.8 Å². The predicted octanol–water partition coefficient (Wildman–Crippen LogP) is 2.46. The topological polar surface area (TPSA) is 33.7 Å². The van der Waals surface area contributed by atoms with Gasteiger partial charge in [-0.25, -0.2) is 0 Å². The summed E-state index contributed by atoms with van der Waals surface area (Å²) < 4.78 is 10.9. The van der Waals surface area contributed by atoms with Gasteiger partial charge in [-0.15, -0.1) is 0 Å². The molecule has 1 fully saturated rings. The van der Waals surface area contributed by atoms with Crippen LogP contribution in [-0.4, -0.2) is 50.4 Å². The highest BCUT2D eigenvalue weighted by Gasteiger charge is 2.36. The van der Waals surface area contributed by atoms with Gasteiger partial charge in [0.05, 0.1) is 20.3 Å². The average Bonchev–Trinajstić information content (AvgIpc) is 2.48. The summed E-state index contributed by atoms with van der Waals surface area (Å²) in [6.07, 6.45) is 0. The fourth-order valence-electron chi connectivity index (χ4n) is 3.30. The van der Waals surface area contributed by atoms with Gasteiger partial charge in [0.2, 0.25) is 0 Å². The molecule has 1 aliphatic rings. The van der Waals surface area contributed by atoms with Gasteiger partial charge in [0, 0.05) is 24.2 Å². The summed E-state index contributed by atoms with van der Waals surface area (Å²) in [4.78, 5) is 2.54. The minimum absolute atomic E-state index is 0.0687. The molecular formula is C17H28N2O2. The van der Waals surface area contributed by atoms with E-state index in [1.54, 1.807) is 7.11 Å². The van der Waals surface area contributed by atoms with Gasteiger partial charge in [-0.2, -0.15) is 0 Å². The Morgan fingerprint density at radius 2 is 1.95 bits per heavy atom. The summed E-state index contributed by atoms with van der Waals surface area (Å²) in [5.74, 6) is 0.896. The highest BCUT2D eigenvalue weighted by Crippen LogP contribution is 2.29. The Balaban J connectivity index is 2.18. The van der Waals surface area contributed by atoms with Crippen molar-refractivity contribution >= 4 is 0 Å². The molecular weight excluding hydrogens is 264 g/mol. The van der Waals surface area contributed by atoms with E-state index in [9.17, 15) is 0 Å². The van der Waals surface area contributed by atoms with Gasteiger partial charge in [0.15, 0.2) is 0 Å². The van der Waals surface area contributed by atoms with Gasteiger partial charge in [-0.05, 0) is 45.5 Å². The minimum atomic E-state index is 0.0687. The van der Waals surface area contributed by atoms with Gasteiger partial charge >= 0.3 is 0 Å². The van der Waals surface area contributed by atoms with Crippen molar-refractivity contribution in [3.63, 3.8) is 0 Å². The first-order valence-electron chi connectivity index (χ1n) is 7.65. The van der Waals surface area contributed by atoms with Crippen LogP contribution in [0.4, 0.5) is 0 Å². The van der Waals surface area contributed by atoms with Crippen molar-refractivity contribution in [2.75, 3.05) is 33.9 Å². The lowest BCUT2D eigenvalue weighted by molar-refractivity contribution is -0.0747. The third kappa shape index (κ3) is 3.57. The van der Waals surface area contributed by atoms with E-state index in [2.05, 4.69) is 43.1 Å². The molecule has 1 N–H and O–H groups in total. The molecule has 1 heterocycles. The van der Waals surface area contributed by atoms with Crippen molar-refractivity contribution in [2.24, 2.45) is 0 Å². The number of likely N-dealkylation sites (N-methyl/N-ethyl adjacent to an activating group) is 1. The number of hydrogen-bond acceptors (Lipinski definition) is 4. The van der Waals surface area contributed by atoms with E-state index in [0.717, 1.165) is 25.5 Å². The Bertz CT molecular complexity index is 445. The number of methoxy groups -OCH3 is 1. The number of nitrogens with one attached hydrogen (secondary N) is 1. The van der Waals surface area contributed by atoms with Crippen molar-refractivity contribution in [3.05, 3.63) is 29.8 Å². The first-order valence-corrected chi connectivity index (χ1v) is 7.65. The number of hydrogen-bond donors (Lipinski definition) is 1. The largest absolute Gasteiger partial charge is 0.497 e. The molecule has 21 heavy (non-hydrogen) atoms. The summed E-state index contributed by atoms with van der Waals surface area (Å²) in [5.41, 5.74) is 1.35. The molecule has 118 valence electrons. The second-order valence-electron chi connectivity index (χ2n) is 6.34. The molecule has 4 heteroatoms. The number of ether oxygens (including phenoxy) is 2. The third-order valence-electron chi connectivity index (χ3n) is 4.47. The van der Waals surface area contributed by atoms with Crippen LogP contribution in [0.2, 0.25) is 0 Å². The van der Waals surface area contributed by atoms with Crippen molar-refractivity contribution < 1.29 is 9.47 Å². The van der Waals surface area contributed by atoms with Gasteiger partial charge in [0.25, 0.3) is 0 Å². The molecule has 0 aliphatic carbocycles. The summed E-state index contributed by atoms with van der Waals surface area (Å²) in [6.45, 7) is 9.37. The van der Waals surface area contributed by atoms with Crippen LogP contribution >= 0.6 is 0 Å². The molecule has 2 atom stereocenters. The maximum absolute atomic E-state index is 5.64. The maximum Gasteiger partial charge on any atom is 0.118 e. The molecule has 0 radical (unpaired) electrons. The van der Waals surface area contributed by atoms with Gasteiger partial charge in [-0.3, -0.25) is 4.90 Å². The monoisotopic (exact) mass is 292 g/mol. The van der Waals surface area contributed by atoms with Gasteiger partial charge in [-0.1, -0.05) is 12.1 Å². The van der Waals surface area contributed by atoms with Crippen molar-refractivity contribution in [1.82, 2.24) is 10.2 Å². The quantitative estimate of drug-likeness (QED) is 0.904. The lowest BCUT2D eigenvalue weighted by atomic mass is 9.93. The number of nitrogens with zero attached hydrogens (tertiary/aromatic N) is 1. The molecule has 0 bridgehead atoms. The maximum atomic E-state index is 5.64. The van der Waals surface area contributed by atoms with Crippen LogP contribution in [0.3, 0.4) is 0 Å². The van der Waals surface area contributed by atoms with Gasteiger partial charge in [0.1, 0.15) is 5.75 Å². The fourth-order valence-corrected chi connectivity index (χ4v) is 3.30. The van der Waals surface area contributed by atoms with E-state index >= 15 is 0 Å². The first-order chi connectivity index (χ1) is 9.99. The predicted molar refractivity (Wildman–Crippen MR) is 85.9 cm³/mol. The average molecular weight is 292 g/mol. The molecule has 0 spiro atoms. The Morgan fingerprint density at radius 3 is 2.48 bits per heavy atom. The first kappa shape index (κ1) is 16.3. The zero-order chi connectivity index (χ0) is 15.5. The molecule has 0 aromatic heterocycles. The van der Waals surface area contributed by atoms with Crippen LogP contribution in [0.1, 0.15) is 32.4 Å². The van der Waals surface area contributed by atoms with E-state index in [0.29, 0.717) is 6.04 Å². The van der Waals surface area contributed by atoms with Crippen LogP contribution < -0.4 is 10.1 Å². The van der Waals surface area contributed by atoms with Crippen LogP contribution in [0, 0.1) is 0 Å². The summed E-state index contributed by atoms with van der Waals surface area (Å²) >= 11 is 0.